The van der Waals surface area contributed by atoms with Crippen LogP contribution in [0.15, 0.2) is 42.5 Å². The van der Waals surface area contributed by atoms with Crippen LogP contribution in [0.1, 0.15) is 50.7 Å². The molecule has 0 aromatic heterocycles. The highest BCUT2D eigenvalue weighted by Gasteiger charge is 2.15. The van der Waals surface area contributed by atoms with Gasteiger partial charge in [-0.1, -0.05) is 81.9 Å². The topological polar surface area (TPSA) is 0 Å². The van der Waals surface area contributed by atoms with Crippen LogP contribution >= 0.6 is 0 Å². The molecule has 0 bridgehead atoms. The third-order valence-electron chi connectivity index (χ3n) is 3.80. The SMILES string of the molecule is C[Si]c1c(C(C)C)cc(-c2ccccc2)cc1C(C)C. The van der Waals surface area contributed by atoms with E-state index in [0.717, 1.165) is 9.52 Å². The molecule has 1 heteroatoms. The van der Waals surface area contributed by atoms with Crippen molar-refractivity contribution >= 4 is 14.7 Å². The van der Waals surface area contributed by atoms with E-state index >= 15 is 0 Å². The highest BCUT2D eigenvalue weighted by molar-refractivity contribution is 6.53. The lowest BCUT2D eigenvalue weighted by Crippen LogP contribution is -2.24. The monoisotopic (exact) mass is 280 g/mol. The first-order chi connectivity index (χ1) is 9.54. The van der Waals surface area contributed by atoms with E-state index in [4.69, 9.17) is 0 Å². The van der Waals surface area contributed by atoms with Crippen molar-refractivity contribution in [1.82, 2.24) is 0 Å². The number of benzene rings is 2. The third kappa shape index (κ3) is 3.04. The Balaban J connectivity index is 2.66. The van der Waals surface area contributed by atoms with Crippen molar-refractivity contribution in [1.29, 1.82) is 0 Å². The molecule has 0 unspecified atom stereocenters. The average molecular weight is 280 g/mol. The summed E-state index contributed by atoms with van der Waals surface area (Å²) in [7, 11) is 0.867. The Labute approximate surface area is 126 Å². The molecule has 104 valence electrons. The number of hydrogen-bond acceptors (Lipinski definition) is 0. The van der Waals surface area contributed by atoms with E-state index in [-0.39, 0.29) is 0 Å². The molecular weight excluding hydrogens is 256 g/mol. The van der Waals surface area contributed by atoms with Gasteiger partial charge in [-0.15, -0.1) is 0 Å². The standard InChI is InChI=1S/C19H24Si/c1-13(2)17-11-16(15-9-7-6-8-10-15)12-18(14(3)4)19(17)20-5/h6-14H,1-5H3. The van der Waals surface area contributed by atoms with Crippen LogP contribution in [0, 0.1) is 0 Å². The summed E-state index contributed by atoms with van der Waals surface area (Å²) >= 11 is 0. The largest absolute Gasteiger partial charge is 0.0781 e. The normalized spacial score (nSPS) is 11.3. The van der Waals surface area contributed by atoms with Gasteiger partial charge in [-0.3, -0.25) is 0 Å². The van der Waals surface area contributed by atoms with Crippen LogP contribution in [0.2, 0.25) is 6.55 Å². The number of hydrogen-bond donors (Lipinski definition) is 0. The molecule has 2 aromatic carbocycles. The second-order valence-electron chi connectivity index (χ2n) is 5.96. The quantitative estimate of drug-likeness (QED) is 0.693. The van der Waals surface area contributed by atoms with Gasteiger partial charge in [0, 0.05) is 0 Å². The van der Waals surface area contributed by atoms with E-state index in [1.54, 1.807) is 5.19 Å². The molecule has 0 heterocycles. The van der Waals surface area contributed by atoms with Crippen LogP contribution in [0.4, 0.5) is 0 Å². The van der Waals surface area contributed by atoms with Crippen LogP contribution < -0.4 is 5.19 Å². The predicted octanol–water partition coefficient (Wildman–Crippen LogP) is 4.98. The maximum Gasteiger partial charge on any atom is 0.0781 e. The lowest BCUT2D eigenvalue weighted by atomic mass is 9.90. The lowest BCUT2D eigenvalue weighted by Gasteiger charge is -2.21. The van der Waals surface area contributed by atoms with Gasteiger partial charge in [0.1, 0.15) is 0 Å². The highest BCUT2D eigenvalue weighted by atomic mass is 28.2. The molecule has 0 N–H and O–H groups in total. The fraction of sp³-hybridized carbons (Fsp3) is 0.368. The van der Waals surface area contributed by atoms with Gasteiger partial charge >= 0.3 is 0 Å². The molecule has 0 saturated carbocycles. The van der Waals surface area contributed by atoms with E-state index in [0.29, 0.717) is 11.8 Å². The van der Waals surface area contributed by atoms with Gasteiger partial charge in [0.15, 0.2) is 0 Å². The summed E-state index contributed by atoms with van der Waals surface area (Å²) in [5.74, 6) is 1.16. The van der Waals surface area contributed by atoms with Crippen LogP contribution in [-0.2, 0) is 0 Å². The zero-order valence-electron chi connectivity index (χ0n) is 13.2. The minimum atomic E-state index is 0.582. The second kappa shape index (κ2) is 6.40. The van der Waals surface area contributed by atoms with E-state index in [2.05, 4.69) is 76.7 Å². The molecule has 2 radical (unpaired) electrons. The average Bonchev–Trinajstić information content (AvgIpc) is 2.46. The zero-order valence-corrected chi connectivity index (χ0v) is 14.2. The molecular formula is C19H24Si. The highest BCUT2D eigenvalue weighted by Crippen LogP contribution is 2.27. The van der Waals surface area contributed by atoms with Crippen molar-refractivity contribution < 1.29 is 0 Å². The van der Waals surface area contributed by atoms with Crippen molar-refractivity contribution in [3.8, 4) is 11.1 Å². The van der Waals surface area contributed by atoms with E-state index < -0.39 is 0 Å². The van der Waals surface area contributed by atoms with Crippen molar-refractivity contribution in [2.75, 3.05) is 0 Å². The molecule has 2 aromatic rings. The second-order valence-corrected chi connectivity index (χ2v) is 6.96. The first-order valence-electron chi connectivity index (χ1n) is 7.45. The Morgan fingerprint density at radius 2 is 1.25 bits per heavy atom. The summed E-state index contributed by atoms with van der Waals surface area (Å²) in [4.78, 5) is 0. The Bertz CT molecular complexity index is 539. The maximum absolute atomic E-state index is 2.40. The first kappa shape index (κ1) is 15.1. The molecule has 2 rings (SSSR count). The van der Waals surface area contributed by atoms with Crippen LogP contribution in [0.3, 0.4) is 0 Å². The van der Waals surface area contributed by atoms with Gasteiger partial charge in [0.05, 0.1) is 9.52 Å². The Hall–Kier alpha value is -1.34. The molecule has 0 aliphatic rings. The summed E-state index contributed by atoms with van der Waals surface area (Å²) in [5.41, 5.74) is 5.73. The Kier molecular flexibility index (Phi) is 4.82. The van der Waals surface area contributed by atoms with Crippen LogP contribution in [0.25, 0.3) is 11.1 Å². The lowest BCUT2D eigenvalue weighted by molar-refractivity contribution is 0.846. The van der Waals surface area contributed by atoms with Crippen LogP contribution in [-0.4, -0.2) is 9.52 Å². The molecule has 0 aliphatic carbocycles. The molecule has 20 heavy (non-hydrogen) atoms. The zero-order chi connectivity index (χ0) is 14.7. The summed E-state index contributed by atoms with van der Waals surface area (Å²) < 4.78 is 0. The van der Waals surface area contributed by atoms with Gasteiger partial charge in [0.2, 0.25) is 0 Å². The summed E-state index contributed by atoms with van der Waals surface area (Å²) in [5, 5.41) is 1.58. The van der Waals surface area contributed by atoms with Gasteiger partial charge in [-0.05, 0) is 34.1 Å². The van der Waals surface area contributed by atoms with Gasteiger partial charge in [0.25, 0.3) is 0 Å². The molecule has 0 aliphatic heterocycles. The van der Waals surface area contributed by atoms with E-state index in [9.17, 15) is 0 Å². The minimum absolute atomic E-state index is 0.582. The fourth-order valence-corrected chi connectivity index (χ4v) is 3.98. The van der Waals surface area contributed by atoms with E-state index in [1.165, 1.54) is 22.3 Å². The summed E-state index contributed by atoms with van der Waals surface area (Å²) in [6.45, 7) is 11.5. The smallest absolute Gasteiger partial charge is 0.0688 e. The van der Waals surface area contributed by atoms with Gasteiger partial charge < -0.3 is 0 Å². The molecule has 0 fully saturated rings. The molecule has 0 atom stereocenters. The van der Waals surface area contributed by atoms with Crippen molar-refractivity contribution in [2.45, 2.75) is 46.1 Å². The fourth-order valence-electron chi connectivity index (χ4n) is 2.68. The van der Waals surface area contributed by atoms with Crippen LogP contribution in [0.5, 0.6) is 0 Å². The Morgan fingerprint density at radius 3 is 1.65 bits per heavy atom. The minimum Gasteiger partial charge on any atom is -0.0688 e. The molecule has 0 amide bonds. The van der Waals surface area contributed by atoms with Crippen molar-refractivity contribution in [3.05, 3.63) is 53.6 Å². The van der Waals surface area contributed by atoms with Gasteiger partial charge in [-0.2, -0.15) is 0 Å². The maximum atomic E-state index is 2.40. The third-order valence-corrected chi connectivity index (χ3v) is 4.88. The van der Waals surface area contributed by atoms with Crippen molar-refractivity contribution in [3.63, 3.8) is 0 Å². The molecule has 0 spiro atoms. The van der Waals surface area contributed by atoms with Crippen molar-refractivity contribution in [2.24, 2.45) is 0 Å². The van der Waals surface area contributed by atoms with Gasteiger partial charge in [-0.25, -0.2) is 0 Å². The first-order valence-corrected chi connectivity index (χ1v) is 8.95. The van der Waals surface area contributed by atoms with E-state index in [1.807, 2.05) is 0 Å². The molecule has 0 saturated heterocycles. The number of rotatable bonds is 4. The summed E-state index contributed by atoms with van der Waals surface area (Å²) in [6, 6.07) is 15.5. The molecule has 0 nitrogen and oxygen atoms in total. The Morgan fingerprint density at radius 1 is 0.750 bits per heavy atom. The predicted molar refractivity (Wildman–Crippen MR) is 91.3 cm³/mol. The summed E-state index contributed by atoms with van der Waals surface area (Å²) in [6.07, 6.45) is 0.